The minimum absolute atomic E-state index is 0. The van der Waals surface area contributed by atoms with Gasteiger partial charge in [0.1, 0.15) is 0 Å². The van der Waals surface area contributed by atoms with Crippen LogP contribution in [0.2, 0.25) is 0 Å². The maximum atomic E-state index is 8.25. The van der Waals surface area contributed by atoms with Gasteiger partial charge in [0.2, 0.25) is 0 Å². The van der Waals surface area contributed by atoms with Gasteiger partial charge in [0.15, 0.2) is 0 Å². The molecule has 0 aliphatic heterocycles. The van der Waals surface area contributed by atoms with E-state index in [1.165, 1.54) is 0 Å². The number of aliphatic hydroxyl groups is 1. The van der Waals surface area contributed by atoms with Gasteiger partial charge < -0.3 is 35.7 Å². The quantitative estimate of drug-likeness (QED) is 0.312. The van der Waals surface area contributed by atoms with Crippen molar-refractivity contribution in [3.63, 3.8) is 0 Å². The second kappa shape index (κ2) is 23.2. The van der Waals surface area contributed by atoms with Gasteiger partial charge in [0.25, 0.3) is 0 Å². The van der Waals surface area contributed by atoms with Gasteiger partial charge in [-0.05, 0) is 0 Å². The Morgan fingerprint density at radius 1 is 0.909 bits per heavy atom. The molecule has 0 amide bonds. The van der Waals surface area contributed by atoms with Crippen LogP contribution in [0.25, 0.3) is 0 Å². The van der Waals surface area contributed by atoms with Gasteiger partial charge in [0, 0.05) is 7.11 Å². The maximum Gasteiger partial charge on any atom is 2.00 e. The summed E-state index contributed by atoms with van der Waals surface area (Å²) < 4.78 is 0. The van der Waals surface area contributed by atoms with Crippen molar-refractivity contribution < 1.29 is 31.8 Å². The first-order valence-corrected chi connectivity index (χ1v) is 1.54. The largest absolute Gasteiger partial charge is 2.00 e. The molecular weight excluding hydrogens is 211 g/mol. The van der Waals surface area contributed by atoms with E-state index in [0.717, 1.165) is 7.11 Å². The van der Waals surface area contributed by atoms with Gasteiger partial charge in [-0.3, -0.25) is 0 Å². The van der Waals surface area contributed by atoms with Crippen molar-refractivity contribution in [2.45, 2.75) is 0 Å². The van der Waals surface area contributed by atoms with E-state index in [2.05, 4.69) is 0 Å². The summed E-state index contributed by atoms with van der Waals surface area (Å²) in [7, 11) is 1.00. The third-order valence-corrected chi connectivity index (χ3v) is 0. The molecule has 0 unspecified atom stereocenters. The molecule has 9 nitrogen and oxygen atoms in total. The van der Waals surface area contributed by atoms with Crippen LogP contribution in [-0.2, 0) is 16.5 Å². The van der Waals surface area contributed by atoms with Crippen LogP contribution in [0.1, 0.15) is 0 Å². The van der Waals surface area contributed by atoms with E-state index in [0.29, 0.717) is 0 Å². The van der Waals surface area contributed by atoms with Crippen LogP contribution in [0, 0.1) is 30.6 Å². The summed E-state index contributed by atoms with van der Waals surface area (Å²) in [5.41, 5.74) is 0. The zero-order valence-corrected chi connectivity index (χ0v) is 6.09. The smallest absolute Gasteiger partial charge is 0.400 e. The van der Waals surface area contributed by atoms with Crippen LogP contribution in [0.4, 0.5) is 0 Å². The number of nitrogens with zero attached hydrogens (tertiary/aromatic N) is 2. The Labute approximate surface area is 70.4 Å². The molecule has 0 fully saturated rings. The first-order chi connectivity index (χ1) is 4.46. The summed E-state index contributed by atoms with van der Waals surface area (Å²) in [5.74, 6) is 0. The van der Waals surface area contributed by atoms with E-state index in [4.69, 9.17) is 35.7 Å². The summed E-state index contributed by atoms with van der Waals surface area (Å²) in [6, 6.07) is 0. The van der Waals surface area contributed by atoms with Crippen LogP contribution in [0.5, 0.6) is 0 Å². The molecule has 0 radical (unpaired) electrons. The van der Waals surface area contributed by atoms with E-state index in [9.17, 15) is 0 Å². The van der Waals surface area contributed by atoms with E-state index < -0.39 is 10.2 Å². The van der Waals surface area contributed by atoms with Gasteiger partial charge in [-0.25, -0.2) is 0 Å². The van der Waals surface area contributed by atoms with Crippen molar-refractivity contribution in [1.29, 1.82) is 0 Å². The third kappa shape index (κ3) is 316. The summed E-state index contributed by atoms with van der Waals surface area (Å²) in [4.78, 5) is 16.5. The molecule has 0 saturated carbocycles. The fourth-order valence-corrected chi connectivity index (χ4v) is 0. The molecule has 0 aliphatic carbocycles. The summed E-state index contributed by atoms with van der Waals surface area (Å²) in [6.45, 7) is 0. The normalized spacial score (nSPS) is 4.91. The Hall–Kier alpha value is -1.15. The molecule has 0 aromatic rings. The first kappa shape index (κ1) is 22.5. The van der Waals surface area contributed by atoms with Crippen LogP contribution in [0.15, 0.2) is 0 Å². The summed E-state index contributed by atoms with van der Waals surface area (Å²) in [6.07, 6.45) is 0. The van der Waals surface area contributed by atoms with Gasteiger partial charge in [0.05, 0.1) is 10.2 Å². The van der Waals surface area contributed by atoms with E-state index in [1.807, 2.05) is 0 Å². The average molecular weight is 215 g/mol. The predicted octanol–water partition coefficient (Wildman–Crippen LogP) is -0.872. The minimum Gasteiger partial charge on any atom is -0.400 e. The second-order valence-corrected chi connectivity index (χ2v) is 0.447. The zero-order chi connectivity index (χ0) is 9.15. The van der Waals surface area contributed by atoms with Gasteiger partial charge >= 0.3 is 16.5 Å². The Kier molecular flexibility index (Phi) is 47.5. The van der Waals surface area contributed by atoms with Crippen molar-refractivity contribution in [3.8, 4) is 0 Å². The van der Waals surface area contributed by atoms with Crippen molar-refractivity contribution >= 4 is 0 Å². The Balaban J connectivity index is -0.0000000339. The van der Waals surface area contributed by atoms with Crippen molar-refractivity contribution in [1.82, 2.24) is 0 Å². The maximum absolute atomic E-state index is 8.25. The number of hydrogen-bond donors (Lipinski definition) is 1. The number of rotatable bonds is 0. The topological polar surface area (TPSA) is 153 Å². The van der Waals surface area contributed by atoms with Crippen LogP contribution >= 0.6 is 0 Å². The first-order valence-electron chi connectivity index (χ1n) is 1.54. The summed E-state index contributed by atoms with van der Waals surface area (Å²) in [5, 5.41) is 36.5. The summed E-state index contributed by atoms with van der Waals surface area (Å²) >= 11 is 0. The SMILES string of the molecule is CO.O=[N+]([O-])[O-].O=[N+]([O-])[O-].[Ni+2]. The fourth-order valence-electron chi connectivity index (χ4n) is 0. The molecule has 0 aliphatic rings. The molecule has 70 valence electrons. The Bertz CT molecular complexity index is 74.4. The second-order valence-electron chi connectivity index (χ2n) is 0.447. The van der Waals surface area contributed by atoms with Crippen LogP contribution < -0.4 is 0 Å². The number of aliphatic hydroxyl groups excluding tert-OH is 1. The Morgan fingerprint density at radius 2 is 0.909 bits per heavy atom. The van der Waals surface area contributed by atoms with E-state index >= 15 is 0 Å². The van der Waals surface area contributed by atoms with Gasteiger partial charge in [-0.2, -0.15) is 0 Å². The molecule has 0 aromatic carbocycles. The molecule has 0 bridgehead atoms. The standard InChI is InChI=1S/CH4O.2NO3.Ni/c1-2;2*2-1(3)4;/h2H,1H3;;;/q;2*-1;+2. The molecule has 0 saturated heterocycles. The van der Waals surface area contributed by atoms with Crippen molar-refractivity contribution in [2.24, 2.45) is 0 Å². The monoisotopic (exact) mass is 214 g/mol. The molecule has 10 heteroatoms. The molecule has 0 heterocycles. The van der Waals surface area contributed by atoms with Crippen LogP contribution in [0.3, 0.4) is 0 Å². The number of hydrogen-bond acceptors (Lipinski definition) is 7. The van der Waals surface area contributed by atoms with E-state index in [1.54, 1.807) is 0 Å². The molecule has 0 rings (SSSR count). The van der Waals surface area contributed by atoms with Gasteiger partial charge in [-0.15, -0.1) is 0 Å². The molecule has 0 aromatic heterocycles. The molecule has 0 atom stereocenters. The Morgan fingerprint density at radius 3 is 0.909 bits per heavy atom. The fraction of sp³-hybridized carbons (Fsp3) is 1.00. The predicted molar refractivity (Wildman–Crippen MR) is 28.9 cm³/mol. The van der Waals surface area contributed by atoms with Gasteiger partial charge in [-0.1, -0.05) is 0 Å². The minimum atomic E-state index is -1.75. The molecule has 11 heavy (non-hydrogen) atoms. The molecule has 0 spiro atoms. The average Bonchev–Trinajstić information content (AvgIpc) is 1.66. The molecule has 1 N–H and O–H groups in total. The van der Waals surface area contributed by atoms with E-state index in [-0.39, 0.29) is 16.5 Å². The van der Waals surface area contributed by atoms with Crippen molar-refractivity contribution in [2.75, 3.05) is 7.11 Å². The van der Waals surface area contributed by atoms with Crippen LogP contribution in [-0.4, -0.2) is 22.4 Å². The third-order valence-electron chi connectivity index (χ3n) is 0. The van der Waals surface area contributed by atoms with Crippen molar-refractivity contribution in [3.05, 3.63) is 30.6 Å². The molecular formula is CH4N2NiO7. The zero-order valence-electron chi connectivity index (χ0n) is 5.11.